The topological polar surface area (TPSA) is 65.5 Å². The van der Waals surface area contributed by atoms with E-state index in [0.717, 1.165) is 13.1 Å². The molecule has 2 aromatic heterocycles. The lowest BCUT2D eigenvalue weighted by Gasteiger charge is -2.05. The van der Waals surface area contributed by atoms with Crippen molar-refractivity contribution in [3.05, 3.63) is 42.9 Å². The summed E-state index contributed by atoms with van der Waals surface area (Å²) in [6, 6.07) is 4.74. The molecule has 2 heterocycles. The van der Waals surface area contributed by atoms with E-state index in [4.69, 9.17) is 10.2 Å². The average molecular weight is 395 g/mol. The van der Waals surface area contributed by atoms with Crippen LogP contribution in [0.25, 0.3) is 0 Å². The Kier molecular flexibility index (Phi) is 4.26. The van der Waals surface area contributed by atoms with Gasteiger partial charge in [-0.2, -0.15) is 0 Å². The molecule has 0 aliphatic rings. The van der Waals surface area contributed by atoms with E-state index >= 15 is 0 Å². The van der Waals surface area contributed by atoms with Crippen LogP contribution in [0.5, 0.6) is 0 Å². The van der Waals surface area contributed by atoms with Crippen LogP contribution in [0.1, 0.15) is 27.2 Å². The first-order valence-electron chi connectivity index (χ1n) is 4.91. The standard InChI is InChI=1S/C11H9Br2NO3S/c1-16-11(15)7-3-2-6(17-7)9(14)8-4-5(12)10(13)18-8/h2-4,9H,14H2,1H3. The minimum atomic E-state index is -0.512. The lowest BCUT2D eigenvalue weighted by Crippen LogP contribution is -2.09. The monoisotopic (exact) mass is 393 g/mol. The zero-order chi connectivity index (χ0) is 13.3. The SMILES string of the molecule is COC(=O)c1ccc(C(N)c2cc(Br)c(Br)s2)o1. The molecule has 0 aliphatic carbocycles. The number of carbonyl (C=O) groups excluding carboxylic acids is 1. The molecule has 0 amide bonds. The highest BCUT2D eigenvalue weighted by Crippen LogP contribution is 2.37. The number of carbonyl (C=O) groups is 1. The lowest BCUT2D eigenvalue weighted by atomic mass is 10.2. The molecule has 0 spiro atoms. The Balaban J connectivity index is 2.26. The summed E-state index contributed by atoms with van der Waals surface area (Å²) >= 11 is 8.32. The molecule has 0 saturated heterocycles. The van der Waals surface area contributed by atoms with Crippen LogP contribution < -0.4 is 5.73 Å². The average Bonchev–Trinajstić information content (AvgIpc) is 2.96. The Labute approximate surface area is 124 Å². The van der Waals surface area contributed by atoms with Gasteiger partial charge in [-0.25, -0.2) is 4.79 Å². The molecule has 18 heavy (non-hydrogen) atoms. The highest BCUT2D eigenvalue weighted by Gasteiger charge is 2.19. The zero-order valence-electron chi connectivity index (χ0n) is 9.28. The van der Waals surface area contributed by atoms with Crippen molar-refractivity contribution >= 4 is 49.2 Å². The Morgan fingerprint density at radius 1 is 1.50 bits per heavy atom. The Morgan fingerprint density at radius 3 is 2.78 bits per heavy atom. The summed E-state index contributed by atoms with van der Waals surface area (Å²) in [6.45, 7) is 0. The van der Waals surface area contributed by atoms with Gasteiger partial charge in [-0.15, -0.1) is 11.3 Å². The number of furan rings is 1. The minimum Gasteiger partial charge on any atom is -0.463 e. The second kappa shape index (κ2) is 5.56. The Hall–Kier alpha value is -0.630. The fourth-order valence-electron chi connectivity index (χ4n) is 1.39. The summed E-state index contributed by atoms with van der Waals surface area (Å²) < 4.78 is 11.9. The summed E-state index contributed by atoms with van der Waals surface area (Å²) in [5.41, 5.74) is 6.08. The maximum Gasteiger partial charge on any atom is 0.373 e. The highest BCUT2D eigenvalue weighted by atomic mass is 79.9. The fourth-order valence-corrected chi connectivity index (χ4v) is 3.49. The third-order valence-corrected chi connectivity index (χ3v) is 5.63. The van der Waals surface area contributed by atoms with Crippen molar-refractivity contribution in [3.63, 3.8) is 0 Å². The van der Waals surface area contributed by atoms with Gasteiger partial charge in [0.15, 0.2) is 0 Å². The van der Waals surface area contributed by atoms with Crippen molar-refractivity contribution in [2.24, 2.45) is 5.73 Å². The van der Waals surface area contributed by atoms with Gasteiger partial charge in [-0.3, -0.25) is 0 Å². The van der Waals surface area contributed by atoms with E-state index in [1.54, 1.807) is 12.1 Å². The van der Waals surface area contributed by atoms with E-state index in [9.17, 15) is 4.79 Å². The Bertz CT molecular complexity index is 559. The number of methoxy groups -OCH3 is 1. The summed E-state index contributed by atoms with van der Waals surface area (Å²) in [4.78, 5) is 12.2. The molecular weight excluding hydrogens is 386 g/mol. The molecule has 2 aromatic rings. The van der Waals surface area contributed by atoms with Gasteiger partial charge in [-0.1, -0.05) is 0 Å². The van der Waals surface area contributed by atoms with Gasteiger partial charge >= 0.3 is 5.97 Å². The number of hydrogen-bond acceptors (Lipinski definition) is 5. The minimum absolute atomic E-state index is 0.151. The van der Waals surface area contributed by atoms with Crippen LogP contribution in [0, 0.1) is 0 Å². The van der Waals surface area contributed by atoms with Crippen LogP contribution in [0.15, 0.2) is 30.9 Å². The second-order valence-corrected chi connectivity index (χ2v) is 6.70. The van der Waals surface area contributed by atoms with Crippen molar-refractivity contribution in [3.8, 4) is 0 Å². The quantitative estimate of drug-likeness (QED) is 0.806. The molecule has 1 atom stereocenters. The van der Waals surface area contributed by atoms with Gasteiger partial charge in [0, 0.05) is 9.35 Å². The summed E-state index contributed by atoms with van der Waals surface area (Å²) in [5, 5.41) is 0. The molecule has 4 nitrogen and oxygen atoms in total. The molecule has 0 aromatic carbocycles. The van der Waals surface area contributed by atoms with Crippen LogP contribution in [0.4, 0.5) is 0 Å². The number of esters is 1. The van der Waals surface area contributed by atoms with E-state index in [1.807, 2.05) is 6.07 Å². The van der Waals surface area contributed by atoms with Crippen LogP contribution in [0.3, 0.4) is 0 Å². The van der Waals surface area contributed by atoms with E-state index in [-0.39, 0.29) is 5.76 Å². The van der Waals surface area contributed by atoms with Crippen molar-refractivity contribution in [2.75, 3.05) is 7.11 Å². The Morgan fingerprint density at radius 2 is 2.22 bits per heavy atom. The summed E-state index contributed by atoms with van der Waals surface area (Å²) in [6.07, 6.45) is 0. The molecule has 2 N–H and O–H groups in total. The molecule has 0 radical (unpaired) electrons. The molecule has 96 valence electrons. The molecular formula is C11H9Br2NO3S. The molecule has 2 rings (SSSR count). The third-order valence-electron chi connectivity index (χ3n) is 2.29. The third kappa shape index (κ3) is 2.69. The predicted octanol–water partition coefficient (Wildman–Crippen LogP) is 3.70. The number of rotatable bonds is 3. The van der Waals surface area contributed by atoms with Crippen LogP contribution >= 0.6 is 43.2 Å². The molecule has 0 aliphatic heterocycles. The fraction of sp³-hybridized carbons (Fsp3) is 0.182. The van der Waals surface area contributed by atoms with Gasteiger partial charge in [0.05, 0.1) is 16.9 Å². The van der Waals surface area contributed by atoms with E-state index < -0.39 is 12.0 Å². The van der Waals surface area contributed by atoms with Gasteiger partial charge in [0.1, 0.15) is 5.76 Å². The van der Waals surface area contributed by atoms with Crippen LogP contribution in [-0.2, 0) is 4.74 Å². The first kappa shape index (κ1) is 13.8. The van der Waals surface area contributed by atoms with Crippen molar-refractivity contribution < 1.29 is 13.9 Å². The zero-order valence-corrected chi connectivity index (χ0v) is 13.3. The number of thiophene rings is 1. The lowest BCUT2D eigenvalue weighted by molar-refractivity contribution is 0.0563. The number of hydrogen-bond donors (Lipinski definition) is 1. The molecule has 0 fully saturated rings. The molecule has 0 bridgehead atoms. The summed E-state index contributed by atoms with van der Waals surface area (Å²) in [5.74, 6) is 0.163. The second-order valence-electron chi connectivity index (χ2n) is 3.44. The number of nitrogens with two attached hydrogens (primary N) is 1. The van der Waals surface area contributed by atoms with Gasteiger partial charge in [0.25, 0.3) is 0 Å². The largest absolute Gasteiger partial charge is 0.463 e. The molecule has 7 heteroatoms. The first-order chi connectivity index (χ1) is 8.52. The normalized spacial score (nSPS) is 12.4. The summed E-state index contributed by atoms with van der Waals surface area (Å²) in [7, 11) is 1.30. The maximum atomic E-state index is 11.3. The first-order valence-corrected chi connectivity index (χ1v) is 7.31. The van der Waals surface area contributed by atoms with Crippen molar-refractivity contribution in [2.45, 2.75) is 6.04 Å². The van der Waals surface area contributed by atoms with Crippen LogP contribution in [0.2, 0.25) is 0 Å². The van der Waals surface area contributed by atoms with Gasteiger partial charge in [0.2, 0.25) is 5.76 Å². The van der Waals surface area contributed by atoms with Crippen molar-refractivity contribution in [1.82, 2.24) is 0 Å². The number of halogens is 2. The predicted molar refractivity (Wildman–Crippen MR) is 75.8 cm³/mol. The van der Waals surface area contributed by atoms with E-state index in [0.29, 0.717) is 5.76 Å². The van der Waals surface area contributed by atoms with Crippen LogP contribution in [-0.4, -0.2) is 13.1 Å². The molecule has 1 unspecified atom stereocenters. The van der Waals surface area contributed by atoms with Gasteiger partial charge < -0.3 is 14.9 Å². The highest BCUT2D eigenvalue weighted by molar-refractivity contribution is 9.13. The van der Waals surface area contributed by atoms with Gasteiger partial charge in [-0.05, 0) is 50.1 Å². The number of ether oxygens (including phenoxy) is 1. The van der Waals surface area contributed by atoms with Crippen molar-refractivity contribution in [1.29, 1.82) is 0 Å². The smallest absolute Gasteiger partial charge is 0.373 e. The maximum absolute atomic E-state index is 11.3. The van der Waals surface area contributed by atoms with E-state index in [2.05, 4.69) is 36.6 Å². The molecule has 0 saturated carbocycles. The van der Waals surface area contributed by atoms with E-state index in [1.165, 1.54) is 18.4 Å².